The van der Waals surface area contributed by atoms with Crippen molar-refractivity contribution in [2.45, 2.75) is 25.7 Å². The summed E-state index contributed by atoms with van der Waals surface area (Å²) in [4.78, 5) is 12.2. The molecule has 0 aliphatic carbocycles. The van der Waals surface area contributed by atoms with Crippen molar-refractivity contribution < 1.29 is 17.9 Å². The molecule has 146 valence electrons. The number of hydrogen-bond acceptors (Lipinski definition) is 4. The lowest BCUT2D eigenvalue weighted by atomic mass is 10.2. The summed E-state index contributed by atoms with van der Waals surface area (Å²) in [6, 6.07) is 11.6. The molecule has 2 rings (SSSR count). The number of carbonyl (C=O) groups excluding carboxylic acids is 1. The predicted octanol–water partition coefficient (Wildman–Crippen LogP) is 3.70. The van der Waals surface area contributed by atoms with Gasteiger partial charge >= 0.3 is 0 Å². The average Bonchev–Trinajstić information content (AvgIpc) is 2.63. The minimum Gasteiger partial charge on any atom is -0.482 e. The third-order valence-electron chi connectivity index (χ3n) is 4.02. The SMILES string of the molecule is CCN(CC)S(=O)(=O)c1ccc(OCC(=O)Nc2ccccc2C)c(Cl)c1. The summed E-state index contributed by atoms with van der Waals surface area (Å²) in [5.41, 5.74) is 1.65. The standard InChI is InChI=1S/C19H23ClN2O4S/c1-4-22(5-2)27(24,25)15-10-11-18(16(20)12-15)26-13-19(23)21-17-9-7-6-8-14(17)3/h6-12H,4-5,13H2,1-3H3,(H,21,23). The van der Waals surface area contributed by atoms with Gasteiger partial charge in [-0.05, 0) is 36.8 Å². The highest BCUT2D eigenvalue weighted by atomic mass is 35.5. The van der Waals surface area contributed by atoms with Crippen LogP contribution in [0.1, 0.15) is 19.4 Å². The van der Waals surface area contributed by atoms with Crippen molar-refractivity contribution in [3.63, 3.8) is 0 Å². The van der Waals surface area contributed by atoms with Gasteiger partial charge in [-0.2, -0.15) is 4.31 Å². The maximum Gasteiger partial charge on any atom is 0.262 e. The van der Waals surface area contributed by atoms with Gasteiger partial charge in [-0.25, -0.2) is 8.42 Å². The molecule has 0 unspecified atom stereocenters. The predicted molar refractivity (Wildman–Crippen MR) is 107 cm³/mol. The molecule has 8 heteroatoms. The van der Waals surface area contributed by atoms with Gasteiger partial charge in [0.25, 0.3) is 5.91 Å². The van der Waals surface area contributed by atoms with Crippen molar-refractivity contribution >= 4 is 33.2 Å². The molecule has 0 radical (unpaired) electrons. The van der Waals surface area contributed by atoms with E-state index in [0.29, 0.717) is 18.8 Å². The summed E-state index contributed by atoms with van der Waals surface area (Å²) in [5.74, 6) is -0.0877. The van der Waals surface area contributed by atoms with E-state index < -0.39 is 10.0 Å². The van der Waals surface area contributed by atoms with Crippen molar-refractivity contribution in [1.29, 1.82) is 0 Å². The summed E-state index contributed by atoms with van der Waals surface area (Å²) in [7, 11) is -3.60. The van der Waals surface area contributed by atoms with Crippen LogP contribution in [0.4, 0.5) is 5.69 Å². The number of benzene rings is 2. The lowest BCUT2D eigenvalue weighted by molar-refractivity contribution is -0.118. The van der Waals surface area contributed by atoms with Gasteiger partial charge in [0.15, 0.2) is 6.61 Å². The van der Waals surface area contributed by atoms with Gasteiger partial charge in [0.1, 0.15) is 5.75 Å². The Morgan fingerprint density at radius 3 is 2.41 bits per heavy atom. The monoisotopic (exact) mass is 410 g/mol. The average molecular weight is 411 g/mol. The van der Waals surface area contributed by atoms with Gasteiger partial charge in [-0.3, -0.25) is 4.79 Å². The van der Waals surface area contributed by atoms with Gasteiger partial charge < -0.3 is 10.1 Å². The van der Waals surface area contributed by atoms with E-state index in [0.717, 1.165) is 5.56 Å². The van der Waals surface area contributed by atoms with Crippen LogP contribution in [0.15, 0.2) is 47.4 Å². The second kappa shape index (κ2) is 9.21. The number of amides is 1. The van der Waals surface area contributed by atoms with E-state index in [1.165, 1.54) is 22.5 Å². The number of sulfonamides is 1. The number of nitrogens with zero attached hydrogens (tertiary/aromatic N) is 1. The molecule has 6 nitrogen and oxygen atoms in total. The molecule has 0 aliphatic rings. The number of ether oxygens (including phenoxy) is 1. The molecule has 0 atom stereocenters. The quantitative estimate of drug-likeness (QED) is 0.720. The molecule has 0 spiro atoms. The molecular weight excluding hydrogens is 388 g/mol. The normalized spacial score (nSPS) is 11.4. The first-order valence-corrected chi connectivity index (χ1v) is 10.4. The van der Waals surface area contributed by atoms with Gasteiger partial charge in [-0.1, -0.05) is 43.6 Å². The Kier molecular flexibility index (Phi) is 7.24. The Labute approximate surface area is 165 Å². The number of anilines is 1. The van der Waals surface area contributed by atoms with Crippen LogP contribution in [-0.4, -0.2) is 38.3 Å². The van der Waals surface area contributed by atoms with E-state index in [9.17, 15) is 13.2 Å². The van der Waals surface area contributed by atoms with E-state index in [2.05, 4.69) is 5.32 Å². The van der Waals surface area contributed by atoms with E-state index in [1.54, 1.807) is 19.9 Å². The highest BCUT2D eigenvalue weighted by Crippen LogP contribution is 2.28. The molecule has 0 aromatic heterocycles. The van der Waals surface area contributed by atoms with Crippen LogP contribution in [0, 0.1) is 6.92 Å². The van der Waals surface area contributed by atoms with Crippen LogP contribution in [0.3, 0.4) is 0 Å². The third-order valence-corrected chi connectivity index (χ3v) is 6.37. The molecule has 0 aliphatic heterocycles. The summed E-state index contributed by atoms with van der Waals surface area (Å²) < 4.78 is 31.8. The van der Waals surface area contributed by atoms with Gasteiger partial charge in [-0.15, -0.1) is 0 Å². The second-order valence-corrected chi connectivity index (χ2v) is 8.18. The zero-order chi connectivity index (χ0) is 20.0. The van der Waals surface area contributed by atoms with Crippen LogP contribution in [0.25, 0.3) is 0 Å². The smallest absolute Gasteiger partial charge is 0.262 e. The Balaban J connectivity index is 2.06. The number of carbonyl (C=O) groups is 1. The van der Waals surface area contributed by atoms with Gasteiger partial charge in [0.2, 0.25) is 10.0 Å². The van der Waals surface area contributed by atoms with Gasteiger partial charge in [0, 0.05) is 18.8 Å². The Morgan fingerprint density at radius 2 is 1.81 bits per heavy atom. The maximum absolute atomic E-state index is 12.5. The fourth-order valence-corrected chi connectivity index (χ4v) is 4.30. The lowest BCUT2D eigenvalue weighted by Gasteiger charge is -2.19. The van der Waals surface area contributed by atoms with Crippen LogP contribution < -0.4 is 10.1 Å². The van der Waals surface area contributed by atoms with E-state index in [-0.39, 0.29) is 28.2 Å². The first kappa shape index (κ1) is 21.2. The summed E-state index contributed by atoms with van der Waals surface area (Å²) in [5, 5.41) is 2.89. The number of halogens is 1. The number of para-hydroxylation sites is 1. The fraction of sp³-hybridized carbons (Fsp3) is 0.316. The van der Waals surface area contributed by atoms with Crippen molar-refractivity contribution in [3.8, 4) is 5.75 Å². The van der Waals surface area contributed by atoms with Crippen molar-refractivity contribution in [3.05, 3.63) is 53.1 Å². The molecule has 1 amide bonds. The van der Waals surface area contributed by atoms with E-state index in [4.69, 9.17) is 16.3 Å². The van der Waals surface area contributed by atoms with E-state index in [1.807, 2.05) is 25.1 Å². The molecule has 27 heavy (non-hydrogen) atoms. The highest BCUT2D eigenvalue weighted by Gasteiger charge is 2.22. The van der Waals surface area contributed by atoms with Crippen LogP contribution in [-0.2, 0) is 14.8 Å². The molecule has 2 aromatic rings. The molecule has 0 heterocycles. The highest BCUT2D eigenvalue weighted by molar-refractivity contribution is 7.89. The van der Waals surface area contributed by atoms with Crippen LogP contribution in [0.5, 0.6) is 5.75 Å². The molecule has 0 saturated heterocycles. The molecule has 0 fully saturated rings. The van der Waals surface area contributed by atoms with E-state index >= 15 is 0 Å². The Bertz CT molecular complexity index is 912. The van der Waals surface area contributed by atoms with Crippen molar-refractivity contribution in [2.75, 3.05) is 25.0 Å². The number of aryl methyl sites for hydroxylation is 1. The van der Waals surface area contributed by atoms with Crippen LogP contribution >= 0.6 is 11.6 Å². The lowest BCUT2D eigenvalue weighted by Crippen LogP contribution is -2.30. The topological polar surface area (TPSA) is 75.7 Å². The first-order valence-electron chi connectivity index (χ1n) is 8.57. The number of hydrogen-bond donors (Lipinski definition) is 1. The Hall–Kier alpha value is -2.09. The maximum atomic E-state index is 12.5. The number of nitrogens with one attached hydrogen (secondary N) is 1. The minimum atomic E-state index is -3.60. The van der Waals surface area contributed by atoms with Crippen molar-refractivity contribution in [2.24, 2.45) is 0 Å². The molecule has 0 bridgehead atoms. The molecular formula is C19H23ClN2O4S. The Morgan fingerprint density at radius 1 is 1.15 bits per heavy atom. The zero-order valence-electron chi connectivity index (χ0n) is 15.5. The van der Waals surface area contributed by atoms with Crippen molar-refractivity contribution in [1.82, 2.24) is 4.31 Å². The zero-order valence-corrected chi connectivity index (χ0v) is 17.1. The summed E-state index contributed by atoms with van der Waals surface area (Å²) in [6.07, 6.45) is 0. The molecule has 1 N–H and O–H groups in total. The van der Waals surface area contributed by atoms with Crippen LogP contribution in [0.2, 0.25) is 5.02 Å². The summed E-state index contributed by atoms with van der Waals surface area (Å²) >= 11 is 6.16. The molecule has 2 aromatic carbocycles. The second-order valence-electron chi connectivity index (χ2n) is 5.83. The van der Waals surface area contributed by atoms with Gasteiger partial charge in [0.05, 0.1) is 9.92 Å². The minimum absolute atomic E-state index is 0.0907. The number of rotatable bonds is 8. The fourth-order valence-electron chi connectivity index (χ4n) is 2.51. The third kappa shape index (κ3) is 5.22. The molecule has 0 saturated carbocycles. The first-order chi connectivity index (χ1) is 12.8. The summed E-state index contributed by atoms with van der Waals surface area (Å²) in [6.45, 7) is 5.93. The largest absolute Gasteiger partial charge is 0.482 e.